The maximum absolute atomic E-state index is 11.3. The molecule has 0 rings (SSSR count). The largest absolute Gasteiger partial charge is 0.396 e. The van der Waals surface area contributed by atoms with Crippen LogP contribution in [-0.2, 0) is 4.79 Å². The van der Waals surface area contributed by atoms with Crippen LogP contribution in [0.25, 0.3) is 0 Å². The van der Waals surface area contributed by atoms with Gasteiger partial charge in [-0.05, 0) is 31.7 Å². The van der Waals surface area contributed by atoms with Gasteiger partial charge in [0.15, 0.2) is 0 Å². The van der Waals surface area contributed by atoms with Crippen molar-refractivity contribution in [2.24, 2.45) is 5.92 Å². The van der Waals surface area contributed by atoms with Crippen LogP contribution in [0.3, 0.4) is 0 Å². The molecule has 96 valence electrons. The van der Waals surface area contributed by atoms with Crippen molar-refractivity contribution in [1.82, 2.24) is 10.6 Å². The molecule has 1 unspecified atom stereocenters. The van der Waals surface area contributed by atoms with E-state index in [1.54, 1.807) is 0 Å². The molecule has 0 bridgehead atoms. The van der Waals surface area contributed by atoms with Crippen molar-refractivity contribution in [3.8, 4) is 0 Å². The molecule has 0 fully saturated rings. The molecule has 1 atom stereocenters. The first-order valence-corrected chi connectivity index (χ1v) is 6.29. The van der Waals surface area contributed by atoms with E-state index in [-0.39, 0.29) is 12.5 Å². The zero-order valence-corrected chi connectivity index (χ0v) is 10.6. The van der Waals surface area contributed by atoms with E-state index in [0.717, 1.165) is 38.8 Å². The van der Waals surface area contributed by atoms with Crippen molar-refractivity contribution < 1.29 is 9.90 Å². The summed E-state index contributed by atoms with van der Waals surface area (Å²) in [6.45, 7) is 6.39. The maximum atomic E-state index is 11.3. The molecule has 0 saturated heterocycles. The highest BCUT2D eigenvalue weighted by Crippen LogP contribution is 2.02. The van der Waals surface area contributed by atoms with E-state index in [2.05, 4.69) is 17.6 Å². The summed E-state index contributed by atoms with van der Waals surface area (Å²) in [6, 6.07) is 0. The van der Waals surface area contributed by atoms with E-state index in [1.165, 1.54) is 0 Å². The lowest BCUT2D eigenvalue weighted by Gasteiger charge is -2.08. The molecule has 0 heterocycles. The van der Waals surface area contributed by atoms with Crippen molar-refractivity contribution in [1.29, 1.82) is 0 Å². The third kappa shape index (κ3) is 9.93. The molecule has 4 nitrogen and oxygen atoms in total. The van der Waals surface area contributed by atoms with Crippen LogP contribution in [0.15, 0.2) is 0 Å². The second-order valence-electron chi connectivity index (χ2n) is 4.31. The van der Waals surface area contributed by atoms with Gasteiger partial charge in [0.1, 0.15) is 0 Å². The first-order valence-electron chi connectivity index (χ1n) is 6.29. The average Bonchev–Trinajstić information content (AvgIpc) is 2.28. The Kier molecular flexibility index (Phi) is 10.5. The van der Waals surface area contributed by atoms with Crippen molar-refractivity contribution in [3.63, 3.8) is 0 Å². The van der Waals surface area contributed by atoms with Crippen LogP contribution in [0.5, 0.6) is 0 Å². The van der Waals surface area contributed by atoms with Crippen LogP contribution < -0.4 is 10.6 Å². The van der Waals surface area contributed by atoms with Gasteiger partial charge in [-0.1, -0.05) is 20.3 Å². The van der Waals surface area contributed by atoms with Crippen molar-refractivity contribution in [2.45, 2.75) is 39.5 Å². The SMILES string of the molecule is CCCCNC(=O)CNCCCC(C)CO. The monoisotopic (exact) mass is 230 g/mol. The number of nitrogens with one attached hydrogen (secondary N) is 2. The summed E-state index contributed by atoms with van der Waals surface area (Å²) in [4.78, 5) is 11.3. The highest BCUT2D eigenvalue weighted by molar-refractivity contribution is 5.77. The summed E-state index contributed by atoms with van der Waals surface area (Å²) in [5.41, 5.74) is 0. The van der Waals surface area contributed by atoms with E-state index in [0.29, 0.717) is 12.5 Å². The Balaban J connectivity index is 3.21. The normalized spacial score (nSPS) is 12.4. The predicted molar refractivity (Wildman–Crippen MR) is 66.3 cm³/mol. The Morgan fingerprint density at radius 1 is 1.31 bits per heavy atom. The van der Waals surface area contributed by atoms with Gasteiger partial charge < -0.3 is 15.7 Å². The number of aliphatic hydroxyl groups excluding tert-OH is 1. The van der Waals surface area contributed by atoms with Gasteiger partial charge in [0.25, 0.3) is 0 Å². The summed E-state index contributed by atoms with van der Waals surface area (Å²) in [7, 11) is 0. The van der Waals surface area contributed by atoms with Gasteiger partial charge in [0.2, 0.25) is 5.91 Å². The molecule has 0 saturated carbocycles. The van der Waals surface area contributed by atoms with E-state index >= 15 is 0 Å². The molecule has 0 aliphatic rings. The lowest BCUT2D eigenvalue weighted by atomic mass is 10.1. The maximum Gasteiger partial charge on any atom is 0.233 e. The number of carbonyl (C=O) groups is 1. The Bertz CT molecular complexity index is 174. The molecule has 0 aromatic rings. The van der Waals surface area contributed by atoms with Crippen LogP contribution in [0.1, 0.15) is 39.5 Å². The fourth-order valence-electron chi connectivity index (χ4n) is 1.34. The lowest BCUT2D eigenvalue weighted by Crippen LogP contribution is -2.34. The van der Waals surface area contributed by atoms with Gasteiger partial charge in [-0.15, -0.1) is 0 Å². The fraction of sp³-hybridized carbons (Fsp3) is 0.917. The minimum Gasteiger partial charge on any atom is -0.396 e. The number of hydrogen-bond acceptors (Lipinski definition) is 3. The van der Waals surface area contributed by atoms with E-state index in [9.17, 15) is 4.79 Å². The predicted octanol–water partition coefficient (Wildman–Crippen LogP) is 0.901. The summed E-state index contributed by atoms with van der Waals surface area (Å²) < 4.78 is 0. The van der Waals surface area contributed by atoms with Gasteiger partial charge in [-0.2, -0.15) is 0 Å². The van der Waals surface area contributed by atoms with Gasteiger partial charge in [-0.25, -0.2) is 0 Å². The second kappa shape index (κ2) is 10.9. The minimum absolute atomic E-state index is 0.0728. The van der Waals surface area contributed by atoms with E-state index in [1.807, 2.05) is 6.92 Å². The van der Waals surface area contributed by atoms with Crippen molar-refractivity contribution >= 4 is 5.91 Å². The molecule has 0 aliphatic carbocycles. The van der Waals surface area contributed by atoms with E-state index < -0.39 is 0 Å². The van der Waals surface area contributed by atoms with Gasteiger partial charge >= 0.3 is 0 Å². The molecular formula is C12H26N2O2. The lowest BCUT2D eigenvalue weighted by molar-refractivity contribution is -0.120. The molecular weight excluding hydrogens is 204 g/mol. The Hall–Kier alpha value is -0.610. The van der Waals surface area contributed by atoms with Crippen LogP contribution in [0.2, 0.25) is 0 Å². The number of amides is 1. The summed E-state index contributed by atoms with van der Waals surface area (Å²) in [5.74, 6) is 0.434. The number of unbranched alkanes of at least 4 members (excludes halogenated alkanes) is 1. The smallest absolute Gasteiger partial charge is 0.233 e. The standard InChI is InChI=1S/C12H26N2O2/c1-3-4-8-14-12(16)9-13-7-5-6-11(2)10-15/h11,13,15H,3-10H2,1-2H3,(H,14,16). The van der Waals surface area contributed by atoms with Crippen molar-refractivity contribution in [3.05, 3.63) is 0 Å². The molecule has 0 aliphatic heterocycles. The Morgan fingerprint density at radius 3 is 2.69 bits per heavy atom. The Labute approximate surface area is 98.8 Å². The molecule has 0 radical (unpaired) electrons. The van der Waals surface area contributed by atoms with Crippen LogP contribution in [0.4, 0.5) is 0 Å². The first-order chi connectivity index (χ1) is 7.70. The molecule has 0 spiro atoms. The average molecular weight is 230 g/mol. The molecule has 0 aromatic heterocycles. The van der Waals surface area contributed by atoms with Crippen LogP contribution in [-0.4, -0.2) is 37.3 Å². The van der Waals surface area contributed by atoms with Gasteiger partial charge in [-0.3, -0.25) is 4.79 Å². The Morgan fingerprint density at radius 2 is 2.06 bits per heavy atom. The molecule has 1 amide bonds. The minimum atomic E-state index is 0.0728. The fourth-order valence-corrected chi connectivity index (χ4v) is 1.34. The number of hydrogen-bond donors (Lipinski definition) is 3. The molecule has 0 aromatic carbocycles. The third-order valence-electron chi connectivity index (χ3n) is 2.50. The van der Waals surface area contributed by atoms with Gasteiger partial charge in [0.05, 0.1) is 6.54 Å². The first kappa shape index (κ1) is 15.4. The second-order valence-corrected chi connectivity index (χ2v) is 4.31. The summed E-state index contributed by atoms with van der Waals surface area (Å²) in [5, 5.41) is 14.8. The highest BCUT2D eigenvalue weighted by atomic mass is 16.3. The van der Waals surface area contributed by atoms with Crippen LogP contribution >= 0.6 is 0 Å². The molecule has 16 heavy (non-hydrogen) atoms. The van der Waals surface area contributed by atoms with Crippen LogP contribution in [0, 0.1) is 5.92 Å². The molecule has 3 N–H and O–H groups in total. The summed E-state index contributed by atoms with van der Waals surface area (Å²) >= 11 is 0. The third-order valence-corrected chi connectivity index (χ3v) is 2.50. The van der Waals surface area contributed by atoms with Gasteiger partial charge in [0, 0.05) is 13.2 Å². The topological polar surface area (TPSA) is 61.4 Å². The highest BCUT2D eigenvalue weighted by Gasteiger charge is 2.01. The van der Waals surface area contributed by atoms with E-state index in [4.69, 9.17) is 5.11 Å². The number of carbonyl (C=O) groups excluding carboxylic acids is 1. The summed E-state index contributed by atoms with van der Waals surface area (Å²) in [6.07, 6.45) is 4.15. The number of aliphatic hydroxyl groups is 1. The zero-order valence-electron chi connectivity index (χ0n) is 10.6. The number of rotatable bonds is 10. The zero-order chi connectivity index (χ0) is 12.2. The van der Waals surface area contributed by atoms with Crippen molar-refractivity contribution in [2.75, 3.05) is 26.2 Å². The molecule has 4 heteroatoms. The quantitative estimate of drug-likeness (QED) is 0.489.